The lowest BCUT2D eigenvalue weighted by Crippen LogP contribution is -2.46. The Bertz CT molecular complexity index is 564. The summed E-state index contributed by atoms with van der Waals surface area (Å²) >= 11 is 0. The quantitative estimate of drug-likeness (QED) is 0.853. The lowest BCUT2D eigenvalue weighted by Gasteiger charge is -2.36. The summed E-state index contributed by atoms with van der Waals surface area (Å²) in [6.07, 6.45) is 5.73. The number of benzene rings is 1. The monoisotopic (exact) mass is 328 g/mol. The molecule has 1 aromatic carbocycles. The molecule has 4 heteroatoms. The summed E-state index contributed by atoms with van der Waals surface area (Å²) in [7, 11) is 1.82. The number of hydrogen-bond acceptors (Lipinski definition) is 2. The zero-order chi connectivity index (χ0) is 16.9. The summed E-state index contributed by atoms with van der Waals surface area (Å²) < 4.78 is 0. The van der Waals surface area contributed by atoms with E-state index in [0.29, 0.717) is 18.9 Å². The van der Waals surface area contributed by atoms with Crippen molar-refractivity contribution < 1.29 is 9.59 Å². The van der Waals surface area contributed by atoms with Gasteiger partial charge in [-0.1, -0.05) is 30.3 Å². The molecule has 1 atom stereocenters. The van der Waals surface area contributed by atoms with Gasteiger partial charge in [0.05, 0.1) is 0 Å². The lowest BCUT2D eigenvalue weighted by molar-refractivity contribution is -0.145. The fraction of sp³-hybridized carbons (Fsp3) is 0.600. The fourth-order valence-corrected chi connectivity index (χ4v) is 3.87. The molecule has 1 unspecified atom stereocenters. The van der Waals surface area contributed by atoms with Crippen LogP contribution >= 0.6 is 0 Å². The molecule has 0 aliphatic carbocycles. The van der Waals surface area contributed by atoms with Crippen LogP contribution in [-0.4, -0.2) is 48.3 Å². The van der Waals surface area contributed by atoms with E-state index in [1.54, 1.807) is 4.90 Å². The van der Waals surface area contributed by atoms with Crippen molar-refractivity contribution in [2.24, 2.45) is 11.8 Å². The highest BCUT2D eigenvalue weighted by Gasteiger charge is 2.33. The van der Waals surface area contributed by atoms with Crippen molar-refractivity contribution in [1.82, 2.24) is 9.80 Å². The van der Waals surface area contributed by atoms with Gasteiger partial charge in [-0.2, -0.15) is 0 Å². The summed E-state index contributed by atoms with van der Waals surface area (Å²) in [4.78, 5) is 28.2. The van der Waals surface area contributed by atoms with Crippen LogP contribution in [0, 0.1) is 11.8 Å². The molecule has 2 heterocycles. The van der Waals surface area contributed by atoms with Crippen LogP contribution in [0.15, 0.2) is 30.3 Å². The van der Waals surface area contributed by atoms with Crippen molar-refractivity contribution in [2.75, 3.05) is 26.7 Å². The highest BCUT2D eigenvalue weighted by Crippen LogP contribution is 2.26. The third-order valence-corrected chi connectivity index (χ3v) is 5.62. The van der Waals surface area contributed by atoms with Crippen LogP contribution in [-0.2, 0) is 16.0 Å². The summed E-state index contributed by atoms with van der Waals surface area (Å²) in [5.74, 6) is 0.943. The molecule has 2 aliphatic rings. The van der Waals surface area contributed by atoms with E-state index in [1.165, 1.54) is 12.0 Å². The number of rotatable bonds is 4. The van der Waals surface area contributed by atoms with Crippen molar-refractivity contribution >= 4 is 11.8 Å². The average molecular weight is 328 g/mol. The molecule has 24 heavy (non-hydrogen) atoms. The molecular formula is C20H28N2O2. The van der Waals surface area contributed by atoms with Gasteiger partial charge >= 0.3 is 0 Å². The van der Waals surface area contributed by atoms with Crippen LogP contribution in [0.1, 0.15) is 37.7 Å². The molecule has 0 radical (unpaired) electrons. The van der Waals surface area contributed by atoms with E-state index in [9.17, 15) is 9.59 Å². The van der Waals surface area contributed by atoms with E-state index < -0.39 is 0 Å². The third kappa shape index (κ3) is 4.16. The molecule has 1 aromatic rings. The van der Waals surface area contributed by atoms with Crippen LogP contribution in [0.5, 0.6) is 0 Å². The predicted molar refractivity (Wildman–Crippen MR) is 94.4 cm³/mol. The number of piperidine rings is 2. The van der Waals surface area contributed by atoms with Gasteiger partial charge in [-0.25, -0.2) is 0 Å². The number of nitrogens with zero attached hydrogens (tertiary/aromatic N) is 2. The van der Waals surface area contributed by atoms with Crippen LogP contribution in [0.25, 0.3) is 0 Å². The molecule has 0 spiro atoms. The molecule has 2 saturated heterocycles. The second-order valence-electron chi connectivity index (χ2n) is 7.30. The van der Waals surface area contributed by atoms with Crippen molar-refractivity contribution in [3.05, 3.63) is 35.9 Å². The van der Waals surface area contributed by atoms with Gasteiger partial charge in [0, 0.05) is 39.0 Å². The molecule has 2 amide bonds. The Balaban J connectivity index is 1.43. The van der Waals surface area contributed by atoms with E-state index in [-0.39, 0.29) is 17.7 Å². The predicted octanol–water partition coefficient (Wildman–Crippen LogP) is 2.73. The molecule has 2 aliphatic heterocycles. The molecule has 0 aromatic heterocycles. The van der Waals surface area contributed by atoms with E-state index in [0.717, 1.165) is 38.8 Å². The van der Waals surface area contributed by atoms with Crippen molar-refractivity contribution in [3.63, 3.8) is 0 Å². The van der Waals surface area contributed by atoms with Gasteiger partial charge in [0.15, 0.2) is 0 Å². The topological polar surface area (TPSA) is 40.6 Å². The second kappa shape index (κ2) is 7.82. The van der Waals surface area contributed by atoms with Crippen LogP contribution in [0.4, 0.5) is 0 Å². The Kier molecular flexibility index (Phi) is 5.54. The first-order valence-corrected chi connectivity index (χ1v) is 9.20. The van der Waals surface area contributed by atoms with Gasteiger partial charge in [-0.3, -0.25) is 9.59 Å². The van der Waals surface area contributed by atoms with E-state index in [4.69, 9.17) is 0 Å². The van der Waals surface area contributed by atoms with Crippen molar-refractivity contribution in [2.45, 2.75) is 38.5 Å². The normalized spacial score (nSPS) is 22.7. The maximum absolute atomic E-state index is 12.6. The number of hydrogen-bond donors (Lipinski definition) is 0. The van der Waals surface area contributed by atoms with Crippen molar-refractivity contribution in [1.29, 1.82) is 0 Å². The molecule has 4 nitrogen and oxygen atoms in total. The van der Waals surface area contributed by atoms with Crippen LogP contribution in [0.2, 0.25) is 0 Å². The van der Waals surface area contributed by atoms with E-state index >= 15 is 0 Å². The highest BCUT2D eigenvalue weighted by molar-refractivity contribution is 5.86. The Morgan fingerprint density at radius 2 is 1.79 bits per heavy atom. The van der Waals surface area contributed by atoms with Gasteiger partial charge in [-0.15, -0.1) is 0 Å². The Morgan fingerprint density at radius 3 is 2.46 bits per heavy atom. The number of likely N-dealkylation sites (tertiary alicyclic amines) is 2. The van der Waals surface area contributed by atoms with Gasteiger partial charge in [0.25, 0.3) is 0 Å². The summed E-state index contributed by atoms with van der Waals surface area (Å²) in [6, 6.07) is 10.6. The average Bonchev–Trinajstić information content (AvgIpc) is 2.63. The number of aryl methyl sites for hydroxylation is 1. The smallest absolute Gasteiger partial charge is 0.226 e. The van der Waals surface area contributed by atoms with Gasteiger partial charge in [-0.05, 0) is 43.6 Å². The minimum atomic E-state index is -0.0884. The fourth-order valence-electron chi connectivity index (χ4n) is 3.87. The molecular weight excluding hydrogens is 300 g/mol. The summed E-state index contributed by atoms with van der Waals surface area (Å²) in [5.41, 5.74) is 1.40. The number of carbonyl (C=O) groups is 2. The Hall–Kier alpha value is -1.84. The number of amides is 2. The maximum Gasteiger partial charge on any atom is 0.226 e. The highest BCUT2D eigenvalue weighted by atomic mass is 16.2. The van der Waals surface area contributed by atoms with Crippen molar-refractivity contribution in [3.8, 4) is 0 Å². The minimum absolute atomic E-state index is 0.0884. The first-order valence-electron chi connectivity index (χ1n) is 9.20. The lowest BCUT2D eigenvalue weighted by atomic mass is 9.89. The molecule has 0 bridgehead atoms. The molecule has 0 saturated carbocycles. The Morgan fingerprint density at radius 1 is 1.08 bits per heavy atom. The molecule has 130 valence electrons. The van der Waals surface area contributed by atoms with E-state index in [1.807, 2.05) is 11.9 Å². The van der Waals surface area contributed by atoms with Crippen LogP contribution in [0.3, 0.4) is 0 Å². The van der Waals surface area contributed by atoms with Crippen LogP contribution < -0.4 is 0 Å². The maximum atomic E-state index is 12.6. The largest absolute Gasteiger partial charge is 0.346 e. The molecule has 3 rings (SSSR count). The summed E-state index contributed by atoms with van der Waals surface area (Å²) in [6.45, 7) is 2.43. The second-order valence-corrected chi connectivity index (χ2v) is 7.30. The zero-order valence-electron chi connectivity index (χ0n) is 14.6. The standard InChI is InChI=1S/C20H28N2O2/c1-21-12-11-18(15-19(21)23)20(24)22-13-9-17(10-14-22)8-7-16-5-3-2-4-6-16/h2-6,17-18H,7-15H2,1H3. The first kappa shape index (κ1) is 17.0. The zero-order valence-corrected chi connectivity index (χ0v) is 14.6. The van der Waals surface area contributed by atoms with Gasteiger partial charge in [0.1, 0.15) is 0 Å². The number of carbonyl (C=O) groups excluding carboxylic acids is 2. The molecule has 2 fully saturated rings. The SMILES string of the molecule is CN1CCC(C(=O)N2CCC(CCc3ccccc3)CC2)CC1=O. The van der Waals surface area contributed by atoms with Gasteiger partial charge < -0.3 is 9.80 Å². The third-order valence-electron chi connectivity index (χ3n) is 5.62. The molecule has 0 N–H and O–H groups in total. The first-order chi connectivity index (χ1) is 11.6. The Labute approximate surface area is 144 Å². The van der Waals surface area contributed by atoms with E-state index in [2.05, 4.69) is 30.3 Å². The van der Waals surface area contributed by atoms with Gasteiger partial charge in [0.2, 0.25) is 11.8 Å². The minimum Gasteiger partial charge on any atom is -0.346 e. The summed E-state index contributed by atoms with van der Waals surface area (Å²) in [5, 5.41) is 0.